The molecule has 1 aromatic rings. The Morgan fingerprint density at radius 2 is 2.13 bits per heavy atom. The summed E-state index contributed by atoms with van der Waals surface area (Å²) in [6.45, 7) is 11.9. The second-order valence-electron chi connectivity index (χ2n) is 6.79. The smallest absolute Gasteiger partial charge is 0.243 e. The number of amides is 1. The van der Waals surface area contributed by atoms with E-state index in [0.717, 1.165) is 38.2 Å². The molecule has 1 fully saturated rings. The van der Waals surface area contributed by atoms with Gasteiger partial charge in [0.1, 0.15) is 0 Å². The molecule has 1 aliphatic heterocycles. The first-order chi connectivity index (χ1) is 11.0. The van der Waals surface area contributed by atoms with Crippen LogP contribution in [0.1, 0.15) is 65.2 Å². The zero-order chi connectivity index (χ0) is 17.0. The number of rotatable bonds is 6. The first-order valence-electron chi connectivity index (χ1n) is 8.83. The number of piperidine rings is 1. The Morgan fingerprint density at radius 1 is 1.39 bits per heavy atom. The van der Waals surface area contributed by atoms with Gasteiger partial charge in [-0.05, 0) is 19.3 Å². The third-order valence-electron chi connectivity index (χ3n) is 4.70. The fourth-order valence-corrected chi connectivity index (χ4v) is 3.21. The fraction of sp³-hybridized carbons (Fsp3) is 0.824. The normalized spacial score (nSPS) is 23.3. The van der Waals surface area contributed by atoms with Gasteiger partial charge in [0.05, 0.1) is 6.04 Å². The monoisotopic (exact) mass is 322 g/mol. The van der Waals surface area contributed by atoms with Crippen LogP contribution in [0.3, 0.4) is 0 Å². The highest BCUT2D eigenvalue weighted by molar-refractivity contribution is 5.78. The van der Waals surface area contributed by atoms with E-state index in [1.54, 1.807) is 0 Å². The number of aromatic nitrogens is 2. The lowest BCUT2D eigenvalue weighted by Crippen LogP contribution is -2.52. The number of hydrogen-bond acceptors (Lipinski definition) is 5. The lowest BCUT2D eigenvalue weighted by molar-refractivity contribution is -0.136. The summed E-state index contributed by atoms with van der Waals surface area (Å²) < 4.78 is 5.33. The molecule has 0 bridgehead atoms. The van der Waals surface area contributed by atoms with Crippen molar-refractivity contribution in [3.05, 3.63) is 11.7 Å². The Kier molecular flexibility index (Phi) is 6.16. The Labute approximate surface area is 139 Å². The second kappa shape index (κ2) is 7.90. The van der Waals surface area contributed by atoms with Crippen molar-refractivity contribution in [3.63, 3.8) is 0 Å². The van der Waals surface area contributed by atoms with E-state index in [-0.39, 0.29) is 17.9 Å². The molecule has 1 aliphatic rings. The summed E-state index contributed by atoms with van der Waals surface area (Å²) in [6, 6.07) is 0.414. The van der Waals surface area contributed by atoms with Gasteiger partial charge < -0.3 is 14.7 Å². The van der Waals surface area contributed by atoms with Gasteiger partial charge in [0.2, 0.25) is 11.8 Å². The molecule has 1 aromatic heterocycles. The fourth-order valence-electron chi connectivity index (χ4n) is 3.21. The number of aryl methyl sites for hydroxylation is 1. The molecule has 0 aliphatic carbocycles. The zero-order valence-electron chi connectivity index (χ0n) is 15.0. The molecule has 0 spiro atoms. The number of nitrogens with zero attached hydrogens (tertiary/aromatic N) is 3. The SMILES string of the molecule is CCc1noc([C@H](C)N[C@@H]2CCN(C(=O)C(C)C)C[C@@H]2CC)n1. The number of nitrogens with one attached hydrogen (secondary N) is 1. The van der Waals surface area contributed by atoms with Crippen molar-refractivity contribution in [3.8, 4) is 0 Å². The molecule has 6 heteroatoms. The van der Waals surface area contributed by atoms with Gasteiger partial charge in [-0.25, -0.2) is 0 Å². The molecule has 3 atom stereocenters. The summed E-state index contributed by atoms with van der Waals surface area (Å²) in [5, 5.41) is 7.59. The van der Waals surface area contributed by atoms with Crippen LogP contribution in [0.5, 0.6) is 0 Å². The van der Waals surface area contributed by atoms with Crippen molar-refractivity contribution in [1.82, 2.24) is 20.4 Å². The Bertz CT molecular complexity index is 514. The standard InChI is InChI=1S/C17H30N4O2/c1-6-13-10-21(17(22)11(3)4)9-8-14(13)18-12(5)16-19-15(7-2)20-23-16/h11-14,18H,6-10H2,1-5H3/t12-,13-,14+/m0/s1. The molecule has 23 heavy (non-hydrogen) atoms. The molecule has 2 heterocycles. The van der Waals surface area contributed by atoms with E-state index in [1.165, 1.54) is 0 Å². The average Bonchev–Trinajstić information content (AvgIpc) is 3.03. The van der Waals surface area contributed by atoms with Crippen LogP contribution in [0, 0.1) is 11.8 Å². The minimum Gasteiger partial charge on any atom is -0.342 e. The predicted molar refractivity (Wildman–Crippen MR) is 88.8 cm³/mol. The van der Waals surface area contributed by atoms with Crippen LogP contribution < -0.4 is 5.32 Å². The molecule has 0 unspecified atom stereocenters. The topological polar surface area (TPSA) is 71.3 Å². The van der Waals surface area contributed by atoms with Gasteiger partial charge >= 0.3 is 0 Å². The van der Waals surface area contributed by atoms with Crippen LogP contribution in [0.4, 0.5) is 0 Å². The summed E-state index contributed by atoms with van der Waals surface area (Å²) >= 11 is 0. The van der Waals surface area contributed by atoms with Crippen molar-refractivity contribution in [2.75, 3.05) is 13.1 Å². The van der Waals surface area contributed by atoms with E-state index in [4.69, 9.17) is 4.52 Å². The Hall–Kier alpha value is -1.43. The molecular weight excluding hydrogens is 292 g/mol. The maximum absolute atomic E-state index is 12.2. The van der Waals surface area contributed by atoms with Gasteiger partial charge in [0, 0.05) is 31.5 Å². The van der Waals surface area contributed by atoms with E-state index >= 15 is 0 Å². The molecular formula is C17H30N4O2. The van der Waals surface area contributed by atoms with Crippen LogP contribution >= 0.6 is 0 Å². The summed E-state index contributed by atoms with van der Waals surface area (Å²) in [5.74, 6) is 2.19. The Morgan fingerprint density at radius 3 is 2.70 bits per heavy atom. The highest BCUT2D eigenvalue weighted by Gasteiger charge is 2.32. The zero-order valence-corrected chi connectivity index (χ0v) is 15.0. The van der Waals surface area contributed by atoms with E-state index < -0.39 is 0 Å². The number of likely N-dealkylation sites (tertiary alicyclic amines) is 1. The molecule has 0 saturated carbocycles. The van der Waals surface area contributed by atoms with E-state index in [2.05, 4.69) is 29.3 Å². The lowest BCUT2D eigenvalue weighted by atomic mass is 9.88. The van der Waals surface area contributed by atoms with Crippen LogP contribution in [0.15, 0.2) is 4.52 Å². The number of carbonyl (C=O) groups excluding carboxylic acids is 1. The summed E-state index contributed by atoms with van der Waals surface area (Å²) in [4.78, 5) is 18.6. The van der Waals surface area contributed by atoms with Crippen molar-refractivity contribution in [2.45, 2.75) is 66.0 Å². The molecule has 6 nitrogen and oxygen atoms in total. The molecule has 1 saturated heterocycles. The minimum atomic E-state index is 0.0363. The maximum atomic E-state index is 12.2. The number of carbonyl (C=O) groups is 1. The average molecular weight is 322 g/mol. The first kappa shape index (κ1) is 17.9. The van der Waals surface area contributed by atoms with E-state index in [0.29, 0.717) is 17.9 Å². The van der Waals surface area contributed by atoms with Crippen LogP contribution in [0.25, 0.3) is 0 Å². The summed E-state index contributed by atoms with van der Waals surface area (Å²) in [5.41, 5.74) is 0. The largest absolute Gasteiger partial charge is 0.342 e. The lowest BCUT2D eigenvalue weighted by Gasteiger charge is -2.40. The van der Waals surface area contributed by atoms with E-state index in [1.807, 2.05) is 25.7 Å². The molecule has 0 radical (unpaired) electrons. The quantitative estimate of drug-likeness (QED) is 0.871. The summed E-state index contributed by atoms with van der Waals surface area (Å²) in [7, 11) is 0. The van der Waals surface area contributed by atoms with Gasteiger partial charge in [-0.15, -0.1) is 0 Å². The number of hydrogen-bond donors (Lipinski definition) is 1. The molecule has 0 aromatic carbocycles. The molecule has 130 valence electrons. The van der Waals surface area contributed by atoms with Gasteiger partial charge in [0.25, 0.3) is 0 Å². The third kappa shape index (κ3) is 4.31. The van der Waals surface area contributed by atoms with Crippen molar-refractivity contribution in [1.29, 1.82) is 0 Å². The van der Waals surface area contributed by atoms with Gasteiger partial charge in [0.15, 0.2) is 5.82 Å². The van der Waals surface area contributed by atoms with Crippen LogP contribution in [0.2, 0.25) is 0 Å². The van der Waals surface area contributed by atoms with Gasteiger partial charge in [-0.3, -0.25) is 4.79 Å². The highest BCUT2D eigenvalue weighted by Crippen LogP contribution is 2.24. The van der Waals surface area contributed by atoms with Crippen molar-refractivity contribution >= 4 is 5.91 Å². The third-order valence-corrected chi connectivity index (χ3v) is 4.70. The van der Waals surface area contributed by atoms with Gasteiger partial charge in [-0.1, -0.05) is 39.3 Å². The first-order valence-corrected chi connectivity index (χ1v) is 8.83. The maximum Gasteiger partial charge on any atom is 0.243 e. The minimum absolute atomic E-state index is 0.0363. The van der Waals surface area contributed by atoms with E-state index in [9.17, 15) is 4.79 Å². The molecule has 2 rings (SSSR count). The Balaban J connectivity index is 1.96. The predicted octanol–water partition coefficient (Wildman–Crippen LogP) is 2.57. The molecule has 1 amide bonds. The van der Waals surface area contributed by atoms with Gasteiger partial charge in [-0.2, -0.15) is 4.98 Å². The van der Waals surface area contributed by atoms with Crippen LogP contribution in [-0.4, -0.2) is 40.1 Å². The van der Waals surface area contributed by atoms with Crippen molar-refractivity contribution < 1.29 is 9.32 Å². The van der Waals surface area contributed by atoms with Crippen LogP contribution in [-0.2, 0) is 11.2 Å². The molecule has 1 N–H and O–H groups in total. The highest BCUT2D eigenvalue weighted by atomic mass is 16.5. The van der Waals surface area contributed by atoms with Crippen molar-refractivity contribution in [2.24, 2.45) is 11.8 Å². The second-order valence-corrected chi connectivity index (χ2v) is 6.79. The summed E-state index contributed by atoms with van der Waals surface area (Å²) in [6.07, 6.45) is 2.80.